The number of benzene rings is 2. The Bertz CT molecular complexity index is 698. The Balaban J connectivity index is 1.71. The van der Waals surface area contributed by atoms with Crippen LogP contribution in [0, 0.1) is 0 Å². The molecule has 0 aliphatic carbocycles. The third kappa shape index (κ3) is 3.18. The van der Waals surface area contributed by atoms with E-state index in [-0.39, 0.29) is 0 Å². The van der Waals surface area contributed by atoms with E-state index in [1.807, 2.05) is 70.2 Å². The largest absolute Gasteiger partial charge is 0.487 e. The second kappa shape index (κ2) is 6.00. The number of hydrogen-bond acceptors (Lipinski definition) is 5. The van der Waals surface area contributed by atoms with Gasteiger partial charge in [-0.2, -0.15) is 0 Å². The molecular weight excluding hydrogens is 304 g/mol. The SMILES string of the molecule is CC1(C)ON(c2ccc(OCc3ccccc3)c(N)c2)OC1(C)C. The van der Waals surface area contributed by atoms with Crippen LogP contribution in [0.1, 0.15) is 33.3 Å². The van der Waals surface area contributed by atoms with Crippen molar-refractivity contribution in [3.8, 4) is 5.75 Å². The normalized spacial score (nSPS) is 18.6. The molecule has 2 aromatic carbocycles. The molecular formula is C19H24N2O3. The van der Waals surface area contributed by atoms with Crippen LogP contribution < -0.4 is 15.7 Å². The summed E-state index contributed by atoms with van der Waals surface area (Å²) in [5, 5.41) is 1.43. The van der Waals surface area contributed by atoms with Crippen LogP contribution in [-0.2, 0) is 16.3 Å². The minimum absolute atomic E-state index is 0.440. The van der Waals surface area contributed by atoms with Crippen molar-refractivity contribution in [1.82, 2.24) is 0 Å². The summed E-state index contributed by atoms with van der Waals surface area (Å²) < 4.78 is 5.80. The van der Waals surface area contributed by atoms with Gasteiger partial charge in [0.15, 0.2) is 0 Å². The lowest BCUT2D eigenvalue weighted by Gasteiger charge is -2.26. The van der Waals surface area contributed by atoms with E-state index in [2.05, 4.69) is 0 Å². The minimum atomic E-state index is -0.440. The highest BCUT2D eigenvalue weighted by atomic mass is 17.0. The molecule has 0 atom stereocenters. The Kier molecular flexibility index (Phi) is 4.15. The van der Waals surface area contributed by atoms with Gasteiger partial charge < -0.3 is 10.5 Å². The number of nitrogens with zero attached hydrogens (tertiary/aromatic N) is 1. The summed E-state index contributed by atoms with van der Waals surface area (Å²) in [6.45, 7) is 8.45. The summed E-state index contributed by atoms with van der Waals surface area (Å²) in [6.07, 6.45) is 0. The maximum absolute atomic E-state index is 6.13. The van der Waals surface area contributed by atoms with Crippen molar-refractivity contribution in [2.45, 2.75) is 45.5 Å². The molecule has 0 bridgehead atoms. The summed E-state index contributed by atoms with van der Waals surface area (Å²) in [7, 11) is 0. The van der Waals surface area contributed by atoms with Gasteiger partial charge in [0.2, 0.25) is 0 Å². The van der Waals surface area contributed by atoms with Crippen LogP contribution in [0.15, 0.2) is 48.5 Å². The third-order valence-corrected chi connectivity index (χ3v) is 4.51. The fourth-order valence-corrected chi connectivity index (χ4v) is 2.27. The monoisotopic (exact) mass is 328 g/mol. The molecule has 3 rings (SSSR count). The Morgan fingerprint density at radius 1 is 0.958 bits per heavy atom. The van der Waals surface area contributed by atoms with Gasteiger partial charge in [0, 0.05) is 0 Å². The predicted molar refractivity (Wildman–Crippen MR) is 94.4 cm³/mol. The van der Waals surface area contributed by atoms with Crippen LogP contribution in [-0.4, -0.2) is 11.2 Å². The zero-order valence-electron chi connectivity index (χ0n) is 14.6. The molecule has 24 heavy (non-hydrogen) atoms. The van der Waals surface area contributed by atoms with E-state index in [1.54, 1.807) is 6.07 Å². The highest BCUT2D eigenvalue weighted by Crippen LogP contribution is 2.41. The van der Waals surface area contributed by atoms with E-state index in [4.69, 9.17) is 20.1 Å². The third-order valence-electron chi connectivity index (χ3n) is 4.51. The highest BCUT2D eigenvalue weighted by Gasteiger charge is 2.50. The predicted octanol–water partition coefficient (Wildman–Crippen LogP) is 4.09. The first kappa shape index (κ1) is 16.6. The zero-order valence-corrected chi connectivity index (χ0v) is 14.6. The average Bonchev–Trinajstić information content (AvgIpc) is 2.75. The molecule has 0 spiro atoms. The molecule has 1 aliphatic heterocycles. The Labute approximate surface area is 142 Å². The van der Waals surface area contributed by atoms with Gasteiger partial charge in [0.1, 0.15) is 23.6 Å². The average molecular weight is 328 g/mol. The topological polar surface area (TPSA) is 57.0 Å². The number of rotatable bonds is 4. The van der Waals surface area contributed by atoms with E-state index >= 15 is 0 Å². The van der Waals surface area contributed by atoms with Crippen LogP contribution in [0.3, 0.4) is 0 Å². The van der Waals surface area contributed by atoms with E-state index in [0.717, 1.165) is 11.3 Å². The van der Waals surface area contributed by atoms with Gasteiger partial charge in [-0.15, -0.1) is 5.23 Å². The molecule has 0 aromatic heterocycles. The van der Waals surface area contributed by atoms with Gasteiger partial charge in [-0.25, -0.2) is 9.68 Å². The molecule has 1 saturated heterocycles. The molecule has 128 valence electrons. The van der Waals surface area contributed by atoms with E-state index in [0.29, 0.717) is 18.0 Å². The molecule has 1 heterocycles. The number of ether oxygens (including phenoxy) is 1. The van der Waals surface area contributed by atoms with E-state index in [1.165, 1.54) is 5.23 Å². The first-order valence-electron chi connectivity index (χ1n) is 8.03. The Hall–Kier alpha value is -2.24. The van der Waals surface area contributed by atoms with Gasteiger partial charge in [-0.05, 0) is 51.5 Å². The van der Waals surface area contributed by atoms with Crippen LogP contribution in [0.5, 0.6) is 5.75 Å². The van der Waals surface area contributed by atoms with Crippen molar-refractivity contribution >= 4 is 11.4 Å². The van der Waals surface area contributed by atoms with Gasteiger partial charge in [0.25, 0.3) is 0 Å². The van der Waals surface area contributed by atoms with Crippen LogP contribution in [0.25, 0.3) is 0 Å². The minimum Gasteiger partial charge on any atom is -0.487 e. The molecule has 5 heteroatoms. The number of nitrogens with two attached hydrogens (primary N) is 1. The quantitative estimate of drug-likeness (QED) is 0.857. The molecule has 0 amide bonds. The van der Waals surface area contributed by atoms with Gasteiger partial charge in [-0.3, -0.25) is 0 Å². The van der Waals surface area contributed by atoms with Crippen molar-refractivity contribution in [3.05, 3.63) is 54.1 Å². The second-order valence-electron chi connectivity index (χ2n) is 6.96. The molecule has 0 unspecified atom stereocenters. The molecule has 2 N–H and O–H groups in total. The fourth-order valence-electron chi connectivity index (χ4n) is 2.27. The maximum Gasteiger partial charge on any atom is 0.142 e. The number of anilines is 2. The Morgan fingerprint density at radius 2 is 1.58 bits per heavy atom. The number of hydrogen-bond donors (Lipinski definition) is 1. The molecule has 1 fully saturated rings. The smallest absolute Gasteiger partial charge is 0.142 e. The molecule has 2 aromatic rings. The molecule has 5 nitrogen and oxygen atoms in total. The maximum atomic E-state index is 6.13. The molecule has 0 radical (unpaired) electrons. The second-order valence-corrected chi connectivity index (χ2v) is 6.96. The lowest BCUT2D eigenvalue weighted by Crippen LogP contribution is -2.41. The highest BCUT2D eigenvalue weighted by molar-refractivity contribution is 5.62. The van der Waals surface area contributed by atoms with Crippen LogP contribution >= 0.6 is 0 Å². The standard InChI is InChI=1S/C19H24N2O3/c1-18(2)19(3,4)24-21(23-18)15-10-11-17(16(20)12-15)22-13-14-8-6-5-7-9-14/h5-12H,13,20H2,1-4H3. The lowest BCUT2D eigenvalue weighted by atomic mass is 9.90. The van der Waals surface area contributed by atoms with Gasteiger partial charge in [-0.1, -0.05) is 30.3 Å². The van der Waals surface area contributed by atoms with E-state index < -0.39 is 11.2 Å². The lowest BCUT2D eigenvalue weighted by molar-refractivity contribution is -0.0272. The molecule has 1 aliphatic rings. The van der Waals surface area contributed by atoms with Crippen LogP contribution in [0.2, 0.25) is 0 Å². The van der Waals surface area contributed by atoms with Crippen molar-refractivity contribution in [2.24, 2.45) is 0 Å². The van der Waals surface area contributed by atoms with Crippen molar-refractivity contribution in [1.29, 1.82) is 0 Å². The Morgan fingerprint density at radius 3 is 2.17 bits per heavy atom. The first-order chi connectivity index (χ1) is 11.3. The van der Waals surface area contributed by atoms with Crippen molar-refractivity contribution in [2.75, 3.05) is 11.0 Å². The number of nitrogen functional groups attached to an aromatic ring is 1. The van der Waals surface area contributed by atoms with Crippen molar-refractivity contribution < 1.29 is 14.4 Å². The summed E-state index contributed by atoms with van der Waals surface area (Å²) in [5.74, 6) is 0.639. The summed E-state index contributed by atoms with van der Waals surface area (Å²) in [6, 6.07) is 15.5. The summed E-state index contributed by atoms with van der Waals surface area (Å²) >= 11 is 0. The van der Waals surface area contributed by atoms with Crippen LogP contribution in [0.4, 0.5) is 11.4 Å². The van der Waals surface area contributed by atoms with E-state index in [9.17, 15) is 0 Å². The van der Waals surface area contributed by atoms with Gasteiger partial charge in [0.05, 0.1) is 11.4 Å². The summed E-state index contributed by atoms with van der Waals surface area (Å²) in [4.78, 5) is 11.8. The van der Waals surface area contributed by atoms with Gasteiger partial charge >= 0.3 is 0 Å². The zero-order chi connectivity index (χ0) is 17.4. The first-order valence-corrected chi connectivity index (χ1v) is 8.03. The van der Waals surface area contributed by atoms with Crippen molar-refractivity contribution in [3.63, 3.8) is 0 Å². The fraction of sp³-hybridized carbons (Fsp3) is 0.368. The molecule has 0 saturated carbocycles. The summed E-state index contributed by atoms with van der Waals surface area (Å²) in [5.41, 5.74) is 7.61.